The van der Waals surface area contributed by atoms with Crippen LogP contribution in [0.15, 0.2) is 0 Å². The van der Waals surface area contributed by atoms with Gasteiger partial charge in [-0.3, -0.25) is 0 Å². The Bertz CT molecular complexity index is 177. The van der Waals surface area contributed by atoms with Crippen LogP contribution >= 0.6 is 0 Å². The zero-order valence-electron chi connectivity index (χ0n) is 6.50. The minimum absolute atomic E-state index is 0.194. The zero-order chi connectivity index (χ0) is 9.14. The van der Waals surface area contributed by atoms with Gasteiger partial charge in [0.2, 0.25) is 0 Å². The molecule has 0 aromatic heterocycles. The van der Waals surface area contributed by atoms with Crippen molar-refractivity contribution in [1.29, 1.82) is 0 Å². The molecule has 0 bridgehead atoms. The topological polar surface area (TPSA) is 52.3 Å². The first-order valence-electron chi connectivity index (χ1n) is 3.85. The number of rotatable bonds is 1. The highest BCUT2D eigenvalue weighted by Gasteiger charge is 2.35. The van der Waals surface area contributed by atoms with E-state index in [4.69, 9.17) is 0 Å². The van der Waals surface area contributed by atoms with Crippen LogP contribution in [-0.2, 0) is 4.74 Å². The molecule has 0 aromatic carbocycles. The van der Waals surface area contributed by atoms with Crippen molar-refractivity contribution in [1.82, 2.24) is 0 Å². The van der Waals surface area contributed by atoms with Crippen LogP contribution in [0, 0.1) is 0 Å². The third-order valence-corrected chi connectivity index (χ3v) is 1.94. The molecule has 12 heavy (non-hydrogen) atoms. The van der Waals surface area contributed by atoms with Gasteiger partial charge in [-0.1, -0.05) is 0 Å². The fraction of sp³-hybridized carbons (Fsp3) is 0.857. The number of carbonyl (C=O) groups is 1. The van der Waals surface area contributed by atoms with E-state index < -0.39 is 24.5 Å². The summed E-state index contributed by atoms with van der Waals surface area (Å²) in [7, 11) is 0. The lowest BCUT2D eigenvalue weighted by atomic mass is 9.94. The van der Waals surface area contributed by atoms with Crippen LogP contribution in [0.4, 0.5) is 13.6 Å². The summed E-state index contributed by atoms with van der Waals surface area (Å²) >= 11 is 0. The molecule has 1 rings (SSSR count). The predicted molar refractivity (Wildman–Crippen MR) is 38.1 cm³/mol. The molecule has 0 aromatic rings. The molecule has 0 heterocycles. The van der Waals surface area contributed by atoms with Crippen LogP contribution < -0.4 is 5.73 Å². The van der Waals surface area contributed by atoms with Gasteiger partial charge in [0, 0.05) is 0 Å². The number of amides is 1. The number of halogens is 2. The maximum atomic E-state index is 12.9. The average molecular weight is 179 g/mol. The fourth-order valence-corrected chi connectivity index (χ4v) is 1.34. The van der Waals surface area contributed by atoms with Gasteiger partial charge in [-0.25, -0.2) is 13.6 Å². The van der Waals surface area contributed by atoms with E-state index in [2.05, 4.69) is 10.5 Å². The smallest absolute Gasteiger partial charge is 0.404 e. The van der Waals surface area contributed by atoms with Gasteiger partial charge in [0.1, 0.15) is 12.3 Å². The first-order valence-corrected chi connectivity index (χ1v) is 3.85. The summed E-state index contributed by atoms with van der Waals surface area (Å²) < 4.78 is 30.0. The molecule has 0 saturated heterocycles. The number of carbonyl (C=O) groups excluding carboxylic acids is 1. The molecule has 5 heteroatoms. The van der Waals surface area contributed by atoms with Crippen molar-refractivity contribution in [3.05, 3.63) is 0 Å². The molecular weight excluding hydrogens is 168 g/mol. The van der Waals surface area contributed by atoms with Crippen LogP contribution in [0.1, 0.15) is 19.3 Å². The van der Waals surface area contributed by atoms with Gasteiger partial charge in [0.15, 0.2) is 6.17 Å². The fourth-order valence-electron chi connectivity index (χ4n) is 1.34. The number of primary amides is 1. The Hall–Kier alpha value is -0.870. The maximum absolute atomic E-state index is 12.9. The predicted octanol–water partition coefficient (Wildman–Crippen LogP) is 1.31. The molecule has 3 nitrogen and oxygen atoms in total. The summed E-state index contributed by atoms with van der Waals surface area (Å²) in [6.45, 7) is 0. The van der Waals surface area contributed by atoms with Crippen molar-refractivity contribution < 1.29 is 18.3 Å². The second kappa shape index (κ2) is 3.69. The SMILES string of the molecule is NC(=O)OC1CCCC(F)C1F. The average Bonchev–Trinajstić information content (AvgIpc) is 1.98. The highest BCUT2D eigenvalue weighted by molar-refractivity contribution is 5.64. The van der Waals surface area contributed by atoms with Crippen LogP contribution in [0.25, 0.3) is 0 Å². The molecule has 1 amide bonds. The Labute approximate surface area is 68.9 Å². The summed E-state index contributed by atoms with van der Waals surface area (Å²) in [6, 6.07) is 0. The van der Waals surface area contributed by atoms with E-state index >= 15 is 0 Å². The molecule has 1 aliphatic carbocycles. The van der Waals surface area contributed by atoms with Crippen LogP contribution in [-0.4, -0.2) is 24.5 Å². The summed E-state index contributed by atoms with van der Waals surface area (Å²) in [6.07, 6.45) is -4.21. The molecule has 3 atom stereocenters. The Balaban J connectivity index is 2.46. The van der Waals surface area contributed by atoms with Crippen molar-refractivity contribution in [2.45, 2.75) is 37.7 Å². The van der Waals surface area contributed by atoms with Crippen molar-refractivity contribution >= 4 is 6.09 Å². The van der Waals surface area contributed by atoms with Crippen LogP contribution in [0.2, 0.25) is 0 Å². The van der Waals surface area contributed by atoms with E-state index in [1.807, 2.05) is 0 Å². The Morgan fingerprint density at radius 2 is 2.08 bits per heavy atom. The van der Waals surface area contributed by atoms with Crippen molar-refractivity contribution in [3.63, 3.8) is 0 Å². The molecule has 1 saturated carbocycles. The van der Waals surface area contributed by atoms with Gasteiger partial charge >= 0.3 is 6.09 Å². The molecule has 0 radical (unpaired) electrons. The molecule has 0 aliphatic heterocycles. The van der Waals surface area contributed by atoms with E-state index in [0.29, 0.717) is 12.8 Å². The molecule has 2 N–H and O–H groups in total. The van der Waals surface area contributed by atoms with Gasteiger partial charge in [-0.2, -0.15) is 0 Å². The van der Waals surface area contributed by atoms with Gasteiger partial charge in [-0.05, 0) is 19.3 Å². The third kappa shape index (κ3) is 2.06. The van der Waals surface area contributed by atoms with Gasteiger partial charge in [0.25, 0.3) is 0 Å². The molecular formula is C7H11F2NO2. The summed E-state index contributed by atoms with van der Waals surface area (Å²) in [5.74, 6) is 0. The summed E-state index contributed by atoms with van der Waals surface area (Å²) in [4.78, 5) is 10.2. The normalized spacial score (nSPS) is 36.0. The lowest BCUT2D eigenvalue weighted by Gasteiger charge is -2.27. The summed E-state index contributed by atoms with van der Waals surface area (Å²) in [5, 5.41) is 0. The molecule has 1 aliphatic rings. The second-order valence-electron chi connectivity index (χ2n) is 2.87. The third-order valence-electron chi connectivity index (χ3n) is 1.94. The van der Waals surface area contributed by atoms with E-state index in [-0.39, 0.29) is 6.42 Å². The van der Waals surface area contributed by atoms with Crippen molar-refractivity contribution in [2.24, 2.45) is 5.73 Å². The number of nitrogens with two attached hydrogens (primary N) is 1. The Kier molecular flexibility index (Phi) is 2.83. The van der Waals surface area contributed by atoms with Gasteiger partial charge in [-0.15, -0.1) is 0 Å². The molecule has 3 unspecified atom stereocenters. The van der Waals surface area contributed by atoms with Crippen LogP contribution in [0.5, 0.6) is 0 Å². The van der Waals surface area contributed by atoms with Crippen molar-refractivity contribution in [3.8, 4) is 0 Å². The van der Waals surface area contributed by atoms with Gasteiger partial charge < -0.3 is 10.5 Å². The molecule has 70 valence electrons. The number of hydrogen-bond donors (Lipinski definition) is 1. The molecule has 1 fully saturated rings. The summed E-state index contributed by atoms with van der Waals surface area (Å²) in [5.41, 5.74) is 4.68. The minimum atomic E-state index is -1.72. The lowest BCUT2D eigenvalue weighted by molar-refractivity contribution is -0.0153. The first-order chi connectivity index (χ1) is 5.61. The quantitative estimate of drug-likeness (QED) is 0.659. The van der Waals surface area contributed by atoms with Gasteiger partial charge in [0.05, 0.1) is 0 Å². The van der Waals surface area contributed by atoms with E-state index in [0.717, 1.165) is 0 Å². The lowest BCUT2D eigenvalue weighted by Crippen LogP contribution is -2.39. The van der Waals surface area contributed by atoms with Crippen LogP contribution in [0.3, 0.4) is 0 Å². The highest BCUT2D eigenvalue weighted by atomic mass is 19.2. The molecule has 0 spiro atoms. The number of alkyl halides is 2. The Morgan fingerprint density at radius 1 is 1.42 bits per heavy atom. The zero-order valence-corrected chi connectivity index (χ0v) is 6.50. The van der Waals surface area contributed by atoms with Crippen molar-refractivity contribution in [2.75, 3.05) is 0 Å². The van der Waals surface area contributed by atoms with E-state index in [9.17, 15) is 13.6 Å². The highest BCUT2D eigenvalue weighted by Crippen LogP contribution is 2.26. The number of hydrogen-bond acceptors (Lipinski definition) is 2. The number of ether oxygens (including phenoxy) is 1. The largest absolute Gasteiger partial charge is 0.443 e. The first kappa shape index (κ1) is 9.22. The monoisotopic (exact) mass is 179 g/mol. The minimum Gasteiger partial charge on any atom is -0.443 e. The Morgan fingerprint density at radius 3 is 2.67 bits per heavy atom. The maximum Gasteiger partial charge on any atom is 0.404 e. The van der Waals surface area contributed by atoms with E-state index in [1.165, 1.54) is 0 Å². The standard InChI is InChI=1S/C7H11F2NO2/c8-4-2-1-3-5(6(4)9)12-7(10)11/h4-6H,1-3H2,(H2,10,11). The van der Waals surface area contributed by atoms with E-state index in [1.54, 1.807) is 0 Å². The second-order valence-corrected chi connectivity index (χ2v) is 2.87.